The van der Waals surface area contributed by atoms with Crippen LogP contribution in [0.1, 0.15) is 19.8 Å². The molecule has 0 aromatic rings. The predicted octanol–water partition coefficient (Wildman–Crippen LogP) is 1.37. The van der Waals surface area contributed by atoms with Crippen LogP contribution in [0.4, 0.5) is 0 Å². The van der Waals surface area contributed by atoms with Crippen LogP contribution in [0.25, 0.3) is 0 Å². The second-order valence-corrected chi connectivity index (χ2v) is 6.12. The monoisotopic (exact) mass is 212 g/mol. The second-order valence-electron chi connectivity index (χ2n) is 3.34. The lowest BCUT2D eigenvalue weighted by Gasteiger charge is -2.23. The minimum atomic E-state index is -3.39. The topological polar surface area (TPSA) is 43.4 Å². The Bertz CT molecular complexity index is 241. The van der Waals surface area contributed by atoms with Crippen molar-refractivity contribution in [2.75, 3.05) is 19.0 Å². The molecule has 12 heavy (non-hydrogen) atoms. The molecule has 0 aliphatic carbocycles. The predicted molar refractivity (Wildman–Crippen MR) is 47.8 cm³/mol. The maximum Gasteiger partial charge on any atom is 0.233 e. The highest BCUT2D eigenvalue weighted by atomic mass is 35.7. The van der Waals surface area contributed by atoms with Crippen LogP contribution in [0.5, 0.6) is 0 Å². The molecule has 1 rings (SSSR count). The molecule has 1 saturated heterocycles. The largest absolute Gasteiger partial charge is 0.381 e. The third kappa shape index (κ3) is 2.61. The van der Waals surface area contributed by atoms with Gasteiger partial charge in [0, 0.05) is 22.7 Å². The first-order chi connectivity index (χ1) is 5.47. The van der Waals surface area contributed by atoms with Gasteiger partial charge in [0.1, 0.15) is 0 Å². The average molecular weight is 213 g/mol. The minimum Gasteiger partial charge on any atom is -0.381 e. The van der Waals surface area contributed by atoms with Gasteiger partial charge in [0.2, 0.25) is 9.05 Å². The summed E-state index contributed by atoms with van der Waals surface area (Å²) in [6.45, 7) is 3.15. The van der Waals surface area contributed by atoms with E-state index in [-0.39, 0.29) is 11.2 Å². The Kier molecular flexibility index (Phi) is 3.01. The number of hydrogen-bond acceptors (Lipinski definition) is 3. The van der Waals surface area contributed by atoms with Crippen molar-refractivity contribution < 1.29 is 13.2 Å². The van der Waals surface area contributed by atoms with Gasteiger partial charge in [-0.25, -0.2) is 8.42 Å². The number of hydrogen-bond donors (Lipinski definition) is 0. The van der Waals surface area contributed by atoms with E-state index in [1.54, 1.807) is 0 Å². The summed E-state index contributed by atoms with van der Waals surface area (Å²) in [7, 11) is 1.81. The first-order valence-corrected chi connectivity index (χ1v) is 6.45. The Morgan fingerprint density at radius 1 is 1.58 bits per heavy atom. The molecule has 1 fully saturated rings. The zero-order valence-corrected chi connectivity index (χ0v) is 8.62. The van der Waals surface area contributed by atoms with E-state index in [1.807, 2.05) is 6.92 Å². The molecule has 0 N–H and O–H groups in total. The molecule has 1 aliphatic heterocycles. The average Bonchev–Trinajstić information content (AvgIpc) is 2.34. The fourth-order valence-corrected chi connectivity index (χ4v) is 3.37. The molecule has 0 aromatic carbocycles. The van der Waals surface area contributed by atoms with Crippen LogP contribution in [0.2, 0.25) is 0 Å². The van der Waals surface area contributed by atoms with Gasteiger partial charge in [-0.3, -0.25) is 0 Å². The summed E-state index contributed by atoms with van der Waals surface area (Å²) in [5.74, 6) is 0.0397. The summed E-state index contributed by atoms with van der Waals surface area (Å²) < 4.78 is 26.9. The summed E-state index contributed by atoms with van der Waals surface area (Å²) >= 11 is 0. The Labute approximate surface area is 77.5 Å². The minimum absolute atomic E-state index is 0.0397. The Morgan fingerprint density at radius 2 is 2.25 bits per heavy atom. The van der Waals surface area contributed by atoms with Gasteiger partial charge in [0.05, 0.1) is 12.4 Å². The van der Waals surface area contributed by atoms with E-state index < -0.39 is 9.05 Å². The zero-order valence-electron chi connectivity index (χ0n) is 7.05. The number of ether oxygens (including phenoxy) is 1. The number of halogens is 1. The van der Waals surface area contributed by atoms with E-state index in [0.29, 0.717) is 13.2 Å². The molecule has 72 valence electrons. The molecule has 0 saturated carbocycles. The SMILES string of the molecule is CCC1(CS(=O)(=O)Cl)CCOC1. The van der Waals surface area contributed by atoms with E-state index in [2.05, 4.69) is 0 Å². The molecule has 0 amide bonds. The third-order valence-corrected chi connectivity index (χ3v) is 3.70. The zero-order chi connectivity index (χ0) is 9.24. The van der Waals surface area contributed by atoms with Crippen LogP contribution in [0.15, 0.2) is 0 Å². The maximum atomic E-state index is 10.9. The van der Waals surface area contributed by atoms with Gasteiger partial charge in [-0.2, -0.15) is 0 Å². The quantitative estimate of drug-likeness (QED) is 0.664. The fraction of sp³-hybridized carbons (Fsp3) is 1.00. The maximum absolute atomic E-state index is 10.9. The lowest BCUT2D eigenvalue weighted by Crippen LogP contribution is -2.27. The summed E-state index contributed by atoms with van der Waals surface area (Å²) in [4.78, 5) is 0. The van der Waals surface area contributed by atoms with E-state index in [1.165, 1.54) is 0 Å². The van der Waals surface area contributed by atoms with Crippen molar-refractivity contribution in [1.29, 1.82) is 0 Å². The van der Waals surface area contributed by atoms with Crippen LogP contribution in [0.3, 0.4) is 0 Å². The summed E-state index contributed by atoms with van der Waals surface area (Å²) in [6.07, 6.45) is 1.61. The van der Waals surface area contributed by atoms with Crippen molar-refractivity contribution >= 4 is 19.7 Å². The van der Waals surface area contributed by atoms with Gasteiger partial charge in [0.15, 0.2) is 0 Å². The van der Waals surface area contributed by atoms with Gasteiger partial charge in [-0.05, 0) is 12.8 Å². The smallest absolute Gasteiger partial charge is 0.233 e. The third-order valence-electron chi connectivity index (χ3n) is 2.41. The van der Waals surface area contributed by atoms with Crippen molar-refractivity contribution in [2.45, 2.75) is 19.8 Å². The van der Waals surface area contributed by atoms with Crippen molar-refractivity contribution in [2.24, 2.45) is 5.41 Å². The molecule has 0 spiro atoms. The molecule has 1 unspecified atom stereocenters. The highest BCUT2D eigenvalue weighted by Crippen LogP contribution is 2.34. The fourth-order valence-electron chi connectivity index (χ4n) is 1.51. The molecule has 0 aromatic heterocycles. The van der Waals surface area contributed by atoms with Crippen LogP contribution in [-0.4, -0.2) is 27.4 Å². The van der Waals surface area contributed by atoms with E-state index >= 15 is 0 Å². The second kappa shape index (κ2) is 3.52. The first kappa shape index (κ1) is 10.3. The molecule has 1 heterocycles. The number of rotatable bonds is 3. The van der Waals surface area contributed by atoms with Crippen LogP contribution in [0, 0.1) is 5.41 Å². The molecule has 5 heteroatoms. The Morgan fingerprint density at radius 3 is 2.58 bits per heavy atom. The van der Waals surface area contributed by atoms with Gasteiger partial charge < -0.3 is 4.74 Å². The molecular weight excluding hydrogens is 200 g/mol. The van der Waals surface area contributed by atoms with Gasteiger partial charge in [-0.15, -0.1) is 0 Å². The van der Waals surface area contributed by atoms with E-state index in [4.69, 9.17) is 15.4 Å². The lowest BCUT2D eigenvalue weighted by molar-refractivity contribution is 0.159. The van der Waals surface area contributed by atoms with Crippen LogP contribution in [-0.2, 0) is 13.8 Å². The molecule has 1 aliphatic rings. The van der Waals surface area contributed by atoms with Crippen molar-refractivity contribution in [3.8, 4) is 0 Å². The van der Waals surface area contributed by atoms with Crippen molar-refractivity contribution in [1.82, 2.24) is 0 Å². The van der Waals surface area contributed by atoms with Crippen LogP contribution >= 0.6 is 10.7 Å². The summed E-state index contributed by atoms with van der Waals surface area (Å²) in [6, 6.07) is 0. The molecule has 3 nitrogen and oxygen atoms in total. The standard InChI is InChI=1S/C7H13ClO3S/c1-2-7(3-4-11-5-7)6-12(8,9)10/h2-6H2,1H3. The molecular formula is C7H13ClO3S. The van der Waals surface area contributed by atoms with Crippen LogP contribution < -0.4 is 0 Å². The van der Waals surface area contributed by atoms with Gasteiger partial charge in [0.25, 0.3) is 0 Å². The highest BCUT2D eigenvalue weighted by molar-refractivity contribution is 8.13. The highest BCUT2D eigenvalue weighted by Gasteiger charge is 2.36. The summed E-state index contributed by atoms with van der Waals surface area (Å²) in [5.41, 5.74) is -0.222. The molecule has 0 radical (unpaired) electrons. The van der Waals surface area contributed by atoms with Gasteiger partial charge in [-0.1, -0.05) is 6.92 Å². The normalized spacial score (nSPS) is 30.8. The first-order valence-electron chi connectivity index (χ1n) is 3.97. The lowest BCUT2D eigenvalue weighted by atomic mass is 9.87. The van der Waals surface area contributed by atoms with Crippen molar-refractivity contribution in [3.05, 3.63) is 0 Å². The Balaban J connectivity index is 2.68. The Hall–Kier alpha value is 0.200. The molecule has 1 atom stereocenters. The van der Waals surface area contributed by atoms with E-state index in [0.717, 1.165) is 12.8 Å². The van der Waals surface area contributed by atoms with E-state index in [9.17, 15) is 8.42 Å². The van der Waals surface area contributed by atoms with Crippen molar-refractivity contribution in [3.63, 3.8) is 0 Å². The van der Waals surface area contributed by atoms with Gasteiger partial charge >= 0.3 is 0 Å². The molecule has 0 bridgehead atoms. The summed E-state index contributed by atoms with van der Waals surface area (Å²) in [5, 5.41) is 0.